The van der Waals surface area contributed by atoms with Gasteiger partial charge < -0.3 is 5.11 Å². The maximum absolute atomic E-state index is 12.6. The lowest BCUT2D eigenvalue weighted by Crippen LogP contribution is -2.06. The van der Waals surface area contributed by atoms with Crippen molar-refractivity contribution in [3.63, 3.8) is 0 Å². The van der Waals surface area contributed by atoms with Crippen LogP contribution in [0.3, 0.4) is 0 Å². The molecule has 23 heavy (non-hydrogen) atoms. The Morgan fingerprint density at radius 2 is 1.96 bits per heavy atom. The van der Waals surface area contributed by atoms with Crippen LogP contribution in [-0.4, -0.2) is 16.2 Å². The van der Waals surface area contributed by atoms with Crippen LogP contribution >= 0.6 is 0 Å². The summed E-state index contributed by atoms with van der Waals surface area (Å²) in [4.78, 5) is 9.96. The van der Waals surface area contributed by atoms with E-state index in [4.69, 9.17) is 0 Å². The molecule has 6 nitrogen and oxygen atoms in total. The SMILES string of the molecule is O=[N+]([O-])c1cc(C(F)(F)F)ccc1N/N=C/c1cccc(O)c1. The third kappa shape index (κ3) is 4.19. The van der Waals surface area contributed by atoms with E-state index in [0.29, 0.717) is 11.6 Å². The first-order valence-corrected chi connectivity index (χ1v) is 6.21. The number of hydrogen-bond acceptors (Lipinski definition) is 5. The van der Waals surface area contributed by atoms with Crippen LogP contribution in [0.5, 0.6) is 5.75 Å². The number of anilines is 1. The molecular formula is C14H10F3N3O3. The Hall–Kier alpha value is -3.10. The number of nitrogens with one attached hydrogen (secondary N) is 1. The summed E-state index contributed by atoms with van der Waals surface area (Å²) in [6, 6.07) is 8.12. The van der Waals surface area contributed by atoms with Crippen molar-refractivity contribution in [3.8, 4) is 5.75 Å². The molecule has 0 heterocycles. The Bertz CT molecular complexity index is 760. The molecular weight excluding hydrogens is 315 g/mol. The van der Waals surface area contributed by atoms with Gasteiger partial charge in [0.05, 0.1) is 16.7 Å². The van der Waals surface area contributed by atoms with Crippen molar-refractivity contribution >= 4 is 17.6 Å². The highest BCUT2D eigenvalue weighted by Crippen LogP contribution is 2.34. The first-order chi connectivity index (χ1) is 10.8. The van der Waals surface area contributed by atoms with Gasteiger partial charge >= 0.3 is 6.18 Å². The quantitative estimate of drug-likeness (QED) is 0.509. The predicted molar refractivity (Wildman–Crippen MR) is 77.4 cm³/mol. The average Bonchev–Trinajstić information content (AvgIpc) is 2.46. The minimum Gasteiger partial charge on any atom is -0.508 e. The number of alkyl halides is 3. The summed E-state index contributed by atoms with van der Waals surface area (Å²) in [6.45, 7) is 0. The second kappa shape index (κ2) is 6.34. The summed E-state index contributed by atoms with van der Waals surface area (Å²) in [5.41, 5.74) is 0.784. The van der Waals surface area contributed by atoms with Crippen molar-refractivity contribution in [3.05, 3.63) is 63.7 Å². The smallest absolute Gasteiger partial charge is 0.416 e. The number of phenols is 1. The van der Waals surface area contributed by atoms with Crippen molar-refractivity contribution in [2.45, 2.75) is 6.18 Å². The van der Waals surface area contributed by atoms with Crippen molar-refractivity contribution in [2.75, 3.05) is 5.43 Å². The highest BCUT2D eigenvalue weighted by Gasteiger charge is 2.33. The standard InChI is InChI=1S/C14H10F3N3O3/c15-14(16,17)10-4-5-12(13(7-10)20(22)23)19-18-8-9-2-1-3-11(21)6-9/h1-8,19,21H/b18-8+. The molecule has 0 saturated carbocycles. The Morgan fingerprint density at radius 1 is 1.22 bits per heavy atom. The lowest BCUT2D eigenvalue weighted by molar-refractivity contribution is -0.384. The molecule has 0 spiro atoms. The van der Waals surface area contributed by atoms with E-state index < -0.39 is 22.4 Å². The lowest BCUT2D eigenvalue weighted by Gasteiger charge is -2.08. The molecule has 0 aliphatic rings. The molecule has 0 atom stereocenters. The molecule has 0 aliphatic carbocycles. The zero-order valence-electron chi connectivity index (χ0n) is 11.4. The zero-order valence-corrected chi connectivity index (χ0v) is 11.4. The first-order valence-electron chi connectivity index (χ1n) is 6.21. The molecule has 2 rings (SSSR count). The van der Waals surface area contributed by atoms with Gasteiger partial charge in [0.1, 0.15) is 11.4 Å². The van der Waals surface area contributed by atoms with Gasteiger partial charge in [0, 0.05) is 6.07 Å². The van der Waals surface area contributed by atoms with E-state index in [9.17, 15) is 28.4 Å². The fourth-order valence-electron chi connectivity index (χ4n) is 1.74. The molecule has 0 radical (unpaired) electrons. The molecule has 0 saturated heterocycles. The second-order valence-corrected chi connectivity index (χ2v) is 4.45. The maximum atomic E-state index is 12.6. The first kappa shape index (κ1) is 16.3. The van der Waals surface area contributed by atoms with E-state index in [0.717, 1.165) is 12.1 Å². The van der Waals surface area contributed by atoms with E-state index >= 15 is 0 Å². The third-order valence-electron chi connectivity index (χ3n) is 2.79. The van der Waals surface area contributed by atoms with Crippen LogP contribution in [0.15, 0.2) is 47.6 Å². The van der Waals surface area contributed by atoms with Gasteiger partial charge in [-0.05, 0) is 29.8 Å². The topological polar surface area (TPSA) is 87.8 Å². The van der Waals surface area contributed by atoms with E-state index in [1.54, 1.807) is 12.1 Å². The number of halogens is 3. The van der Waals surface area contributed by atoms with E-state index in [2.05, 4.69) is 10.5 Å². The number of nitro groups is 1. The van der Waals surface area contributed by atoms with Crippen LogP contribution in [0, 0.1) is 10.1 Å². The van der Waals surface area contributed by atoms with Crippen LogP contribution in [0.1, 0.15) is 11.1 Å². The van der Waals surface area contributed by atoms with Gasteiger partial charge in [0.15, 0.2) is 0 Å². The zero-order chi connectivity index (χ0) is 17.0. The number of phenolic OH excluding ortho intramolecular Hbond substituents is 1. The molecule has 0 bridgehead atoms. The summed E-state index contributed by atoms with van der Waals surface area (Å²) in [5, 5.41) is 23.9. The molecule has 9 heteroatoms. The summed E-state index contributed by atoms with van der Waals surface area (Å²) in [7, 11) is 0. The minimum absolute atomic E-state index is 0.00876. The average molecular weight is 325 g/mol. The molecule has 0 amide bonds. The molecule has 0 fully saturated rings. The van der Waals surface area contributed by atoms with Crippen LogP contribution in [-0.2, 0) is 6.18 Å². The van der Waals surface area contributed by atoms with Gasteiger partial charge in [0.25, 0.3) is 5.69 Å². The fourth-order valence-corrected chi connectivity index (χ4v) is 1.74. The Morgan fingerprint density at radius 3 is 2.57 bits per heavy atom. The number of aromatic hydroxyl groups is 1. The number of nitrogens with zero attached hydrogens (tertiary/aromatic N) is 2. The number of nitro benzene ring substituents is 1. The third-order valence-corrected chi connectivity index (χ3v) is 2.79. The molecule has 0 aromatic heterocycles. The molecule has 2 N–H and O–H groups in total. The number of hydrazone groups is 1. The van der Waals surface area contributed by atoms with Crippen LogP contribution in [0.4, 0.5) is 24.5 Å². The van der Waals surface area contributed by atoms with Crippen molar-refractivity contribution in [1.82, 2.24) is 0 Å². The second-order valence-electron chi connectivity index (χ2n) is 4.45. The summed E-state index contributed by atoms with van der Waals surface area (Å²) in [6.07, 6.45) is -3.41. The maximum Gasteiger partial charge on any atom is 0.416 e. The number of benzene rings is 2. The summed E-state index contributed by atoms with van der Waals surface area (Å²) in [5.74, 6) is 0.00876. The van der Waals surface area contributed by atoms with Gasteiger partial charge in [-0.1, -0.05) is 12.1 Å². The highest BCUT2D eigenvalue weighted by atomic mass is 19.4. The number of rotatable bonds is 4. The lowest BCUT2D eigenvalue weighted by atomic mass is 10.1. The van der Waals surface area contributed by atoms with Gasteiger partial charge in [-0.25, -0.2) is 0 Å². The molecule has 2 aromatic carbocycles. The van der Waals surface area contributed by atoms with Gasteiger partial charge in [-0.3, -0.25) is 15.5 Å². The van der Waals surface area contributed by atoms with E-state index in [1.807, 2.05) is 0 Å². The largest absolute Gasteiger partial charge is 0.508 e. The van der Waals surface area contributed by atoms with Crippen LogP contribution in [0.25, 0.3) is 0 Å². The van der Waals surface area contributed by atoms with E-state index in [-0.39, 0.29) is 11.4 Å². The Labute approximate surface area is 128 Å². The predicted octanol–water partition coefficient (Wildman–Crippen LogP) is 3.77. The van der Waals surface area contributed by atoms with E-state index in [1.165, 1.54) is 18.3 Å². The minimum atomic E-state index is -4.67. The summed E-state index contributed by atoms with van der Waals surface area (Å²) < 4.78 is 37.7. The van der Waals surface area contributed by atoms with Crippen molar-refractivity contribution < 1.29 is 23.2 Å². The fraction of sp³-hybridized carbons (Fsp3) is 0.0714. The molecule has 0 aliphatic heterocycles. The van der Waals surface area contributed by atoms with Crippen molar-refractivity contribution in [1.29, 1.82) is 0 Å². The van der Waals surface area contributed by atoms with Gasteiger partial charge in [-0.15, -0.1) is 0 Å². The highest BCUT2D eigenvalue weighted by molar-refractivity contribution is 5.81. The summed E-state index contributed by atoms with van der Waals surface area (Å²) >= 11 is 0. The molecule has 2 aromatic rings. The van der Waals surface area contributed by atoms with Crippen molar-refractivity contribution in [2.24, 2.45) is 5.10 Å². The number of hydrogen-bond donors (Lipinski definition) is 2. The normalized spacial score (nSPS) is 11.6. The molecule has 120 valence electrons. The Balaban J connectivity index is 2.24. The van der Waals surface area contributed by atoms with Gasteiger partial charge in [-0.2, -0.15) is 18.3 Å². The molecule has 0 unspecified atom stereocenters. The van der Waals surface area contributed by atoms with Gasteiger partial charge in [0.2, 0.25) is 0 Å². The monoisotopic (exact) mass is 325 g/mol. The Kier molecular flexibility index (Phi) is 4.49. The van der Waals surface area contributed by atoms with Crippen LogP contribution in [0.2, 0.25) is 0 Å². The van der Waals surface area contributed by atoms with Crippen LogP contribution < -0.4 is 5.43 Å².